The Labute approximate surface area is 104 Å². The first-order chi connectivity index (χ1) is 8.13. The smallest absolute Gasteiger partial charge is 0.323 e. The summed E-state index contributed by atoms with van der Waals surface area (Å²) in [6, 6.07) is -0.172. The summed E-state index contributed by atoms with van der Waals surface area (Å²) in [4.78, 5) is 13.9. The summed E-state index contributed by atoms with van der Waals surface area (Å²) in [5.41, 5.74) is 0. The molecule has 4 heteroatoms. The Morgan fingerprint density at radius 1 is 1.56 bits per heavy atom. The number of thiol groups is 1. The van der Waals surface area contributed by atoms with Crippen LogP contribution < -0.4 is 0 Å². The van der Waals surface area contributed by atoms with E-state index in [1.165, 1.54) is 12.8 Å². The number of ether oxygens (including phenoxy) is 1. The minimum atomic E-state index is -0.276. The lowest BCUT2D eigenvalue weighted by Crippen LogP contribution is -2.52. The number of hydrogen-bond donors (Lipinski definition) is 1. The molecule has 0 N–H and O–H groups in total. The van der Waals surface area contributed by atoms with Crippen molar-refractivity contribution < 1.29 is 10.9 Å². The van der Waals surface area contributed by atoms with Crippen LogP contribution in [0.2, 0.25) is 0 Å². The van der Waals surface area contributed by atoms with Gasteiger partial charge in [-0.05, 0) is 38.1 Å². The Balaban J connectivity index is 2.03. The minimum Gasteiger partial charge on any atom is -0.468 e. The Morgan fingerprint density at radius 3 is 3.12 bits per heavy atom. The van der Waals surface area contributed by atoms with Crippen LogP contribution in [0.4, 0.5) is 0 Å². The van der Waals surface area contributed by atoms with Gasteiger partial charge in [-0.1, -0.05) is 6.42 Å². The molecule has 1 aliphatic carbocycles. The normalized spacial score (nSPS) is 41.0. The molecule has 0 aromatic heterocycles. The fourth-order valence-electron chi connectivity index (χ4n) is 3.21. The van der Waals surface area contributed by atoms with Crippen LogP contribution in [0.25, 0.3) is 0 Å². The standard InChI is InChI=1S/C12H21NO2S/c1-13-7-8-4-3-5-11(16)9(8)6-10(13)12(14)15-2/h8-11,16H,3-7H2,1-2H3/t8-,9+,10+,11-/m1/s1/i2T. The second-order valence-electron chi connectivity index (χ2n) is 5.08. The van der Waals surface area contributed by atoms with E-state index in [4.69, 9.17) is 6.11 Å². The quantitative estimate of drug-likeness (QED) is 0.562. The van der Waals surface area contributed by atoms with Crippen molar-refractivity contribution in [1.82, 2.24) is 4.90 Å². The third kappa shape index (κ3) is 2.23. The van der Waals surface area contributed by atoms with Crippen LogP contribution in [0.5, 0.6) is 0 Å². The fourth-order valence-corrected chi connectivity index (χ4v) is 3.76. The summed E-state index contributed by atoms with van der Waals surface area (Å²) in [7, 11) is 1.70. The van der Waals surface area contributed by atoms with E-state index in [-0.39, 0.29) is 19.1 Å². The first-order valence-electron chi connectivity index (χ1n) is 6.68. The lowest BCUT2D eigenvalue weighted by atomic mass is 9.72. The van der Waals surface area contributed by atoms with E-state index in [0.29, 0.717) is 17.1 Å². The molecule has 0 unspecified atom stereocenters. The van der Waals surface area contributed by atoms with Crippen molar-refractivity contribution in [3.8, 4) is 0 Å². The highest BCUT2D eigenvalue weighted by Gasteiger charge is 2.41. The molecule has 1 aliphatic heterocycles. The summed E-state index contributed by atoms with van der Waals surface area (Å²) < 4.78 is 11.8. The van der Waals surface area contributed by atoms with Gasteiger partial charge in [0.05, 0.1) is 8.46 Å². The second kappa shape index (κ2) is 4.96. The number of esters is 1. The van der Waals surface area contributed by atoms with E-state index < -0.39 is 0 Å². The number of carbonyl (C=O) groups excluding carboxylic acids is 1. The van der Waals surface area contributed by atoms with Crippen LogP contribution in [0.15, 0.2) is 0 Å². The highest BCUT2D eigenvalue weighted by molar-refractivity contribution is 7.81. The lowest BCUT2D eigenvalue weighted by molar-refractivity contribution is -0.149. The van der Waals surface area contributed by atoms with Gasteiger partial charge < -0.3 is 4.74 Å². The van der Waals surface area contributed by atoms with Crippen LogP contribution in [-0.2, 0) is 9.53 Å². The highest BCUT2D eigenvalue weighted by atomic mass is 32.1. The van der Waals surface area contributed by atoms with E-state index in [1.807, 2.05) is 7.05 Å². The molecule has 2 fully saturated rings. The van der Waals surface area contributed by atoms with Gasteiger partial charge >= 0.3 is 5.97 Å². The topological polar surface area (TPSA) is 29.5 Å². The third-order valence-electron chi connectivity index (χ3n) is 4.14. The molecule has 2 aliphatic rings. The second-order valence-corrected chi connectivity index (χ2v) is 5.74. The van der Waals surface area contributed by atoms with Crippen molar-refractivity contribution in [2.45, 2.75) is 37.0 Å². The predicted octanol–water partition coefficient (Wildman–Crippen LogP) is 1.58. The van der Waals surface area contributed by atoms with Gasteiger partial charge in [-0.3, -0.25) is 9.69 Å². The molecule has 0 aromatic rings. The van der Waals surface area contributed by atoms with Gasteiger partial charge in [0.2, 0.25) is 0 Å². The first-order valence-corrected chi connectivity index (χ1v) is 6.49. The number of methoxy groups -OCH3 is 1. The molecule has 3 nitrogen and oxygen atoms in total. The molecule has 0 radical (unpaired) electrons. The average Bonchev–Trinajstić information content (AvgIpc) is 2.29. The molecule has 1 saturated heterocycles. The first kappa shape index (κ1) is 10.9. The molecule has 2 rings (SSSR count). The maximum atomic E-state index is 11.8. The van der Waals surface area contributed by atoms with Crippen molar-refractivity contribution in [2.24, 2.45) is 11.8 Å². The van der Waals surface area contributed by atoms with Gasteiger partial charge in [0, 0.05) is 11.8 Å². The van der Waals surface area contributed by atoms with E-state index in [0.717, 1.165) is 19.4 Å². The fraction of sp³-hybridized carbons (Fsp3) is 0.917. The molecular weight excluding hydrogens is 222 g/mol. The summed E-state index contributed by atoms with van der Waals surface area (Å²) in [5, 5.41) is 0.425. The summed E-state index contributed by atoms with van der Waals surface area (Å²) in [5.74, 6) is 0.968. The SMILES string of the molecule is [3H]COC(=O)[C@@H]1C[C@H]2[C@H](CCC[C@H]2S)CN1C. The Hall–Kier alpha value is -0.220. The zero-order chi connectivity index (χ0) is 12.4. The van der Waals surface area contributed by atoms with Gasteiger partial charge in [-0.15, -0.1) is 0 Å². The Kier molecular flexibility index (Phi) is 3.38. The maximum Gasteiger partial charge on any atom is 0.323 e. The lowest BCUT2D eigenvalue weighted by Gasteiger charge is -2.45. The summed E-state index contributed by atoms with van der Waals surface area (Å²) in [6.07, 6.45) is 4.51. The monoisotopic (exact) mass is 245 g/mol. The van der Waals surface area contributed by atoms with Gasteiger partial charge in [-0.2, -0.15) is 12.6 Å². The zero-order valence-electron chi connectivity index (χ0n) is 10.8. The number of rotatable bonds is 1. The number of likely N-dealkylation sites (tertiary alicyclic amines) is 1. The van der Waals surface area contributed by atoms with E-state index in [2.05, 4.69) is 17.5 Å². The highest BCUT2D eigenvalue weighted by Crippen LogP contribution is 2.40. The van der Waals surface area contributed by atoms with Crippen LogP contribution in [0, 0.1) is 11.8 Å². The van der Waals surface area contributed by atoms with Crippen molar-refractivity contribution in [1.29, 1.82) is 0 Å². The number of fused-ring (bicyclic) bond motifs is 1. The van der Waals surface area contributed by atoms with Crippen LogP contribution >= 0.6 is 12.6 Å². The van der Waals surface area contributed by atoms with Crippen molar-refractivity contribution in [2.75, 3.05) is 20.7 Å². The van der Waals surface area contributed by atoms with Crippen molar-refractivity contribution in [3.63, 3.8) is 0 Å². The summed E-state index contributed by atoms with van der Waals surface area (Å²) in [6.45, 7) is 0.958. The van der Waals surface area contributed by atoms with E-state index in [9.17, 15) is 4.79 Å². The number of carbonyl (C=O) groups is 1. The van der Waals surface area contributed by atoms with Gasteiger partial charge in [0.1, 0.15) is 6.04 Å². The van der Waals surface area contributed by atoms with Gasteiger partial charge in [0.25, 0.3) is 0 Å². The minimum absolute atomic E-state index is 0.172. The van der Waals surface area contributed by atoms with Crippen LogP contribution in [-0.4, -0.2) is 42.8 Å². The van der Waals surface area contributed by atoms with Gasteiger partial charge in [0.15, 0.2) is 0 Å². The molecule has 4 atom stereocenters. The molecule has 1 saturated carbocycles. The number of likely N-dealkylation sites (N-methyl/N-ethyl adjacent to an activating group) is 1. The molecular formula is C12H21NO2S. The number of piperidine rings is 1. The largest absolute Gasteiger partial charge is 0.468 e. The molecule has 1 heterocycles. The number of hydrogen-bond acceptors (Lipinski definition) is 4. The van der Waals surface area contributed by atoms with Crippen molar-refractivity contribution in [3.05, 3.63) is 0 Å². The van der Waals surface area contributed by atoms with Crippen molar-refractivity contribution >= 4 is 18.6 Å². The molecule has 0 amide bonds. The van der Waals surface area contributed by atoms with E-state index in [1.54, 1.807) is 0 Å². The molecule has 0 bridgehead atoms. The maximum absolute atomic E-state index is 11.8. The Bertz CT molecular complexity index is 290. The van der Waals surface area contributed by atoms with Gasteiger partial charge in [-0.25, -0.2) is 0 Å². The molecule has 0 aromatic carbocycles. The Morgan fingerprint density at radius 2 is 2.38 bits per heavy atom. The van der Waals surface area contributed by atoms with E-state index >= 15 is 0 Å². The molecule has 0 spiro atoms. The number of nitrogens with zero attached hydrogens (tertiary/aromatic N) is 1. The summed E-state index contributed by atoms with van der Waals surface area (Å²) >= 11 is 4.67. The predicted molar refractivity (Wildman–Crippen MR) is 66.7 cm³/mol. The van der Waals surface area contributed by atoms with Crippen LogP contribution in [0.1, 0.15) is 27.1 Å². The molecule has 92 valence electrons. The average molecular weight is 245 g/mol. The molecule has 16 heavy (non-hydrogen) atoms. The third-order valence-corrected chi connectivity index (χ3v) is 4.78. The van der Waals surface area contributed by atoms with Crippen LogP contribution in [0.3, 0.4) is 0 Å². The zero-order valence-corrected chi connectivity index (χ0v) is 10.7.